The molecule has 0 saturated heterocycles. The Morgan fingerprint density at radius 3 is 2.76 bits per heavy atom. The number of halogens is 1. The Kier molecular flexibility index (Phi) is 3.69. The molecule has 17 heavy (non-hydrogen) atoms. The van der Waals surface area contributed by atoms with Crippen LogP contribution in [0.1, 0.15) is 15.9 Å². The normalized spacial score (nSPS) is 10.2. The second-order valence-electron chi connectivity index (χ2n) is 3.83. The van der Waals surface area contributed by atoms with E-state index >= 15 is 0 Å². The highest BCUT2D eigenvalue weighted by atomic mass is 79.9. The predicted octanol–water partition coefficient (Wildman–Crippen LogP) is 3.63. The number of hydrogen-bond donors (Lipinski definition) is 0. The quantitative estimate of drug-likeness (QED) is 0.638. The van der Waals surface area contributed by atoms with Crippen molar-refractivity contribution in [2.75, 3.05) is 5.33 Å². The first-order valence-corrected chi connectivity index (χ1v) is 6.44. The maximum Gasteiger partial charge on any atom is 0.173 e. The smallest absolute Gasteiger partial charge is 0.173 e. The van der Waals surface area contributed by atoms with E-state index in [0.29, 0.717) is 5.33 Å². The molecule has 0 bridgehead atoms. The molecule has 0 N–H and O–H groups in total. The number of nitrogens with zero attached hydrogens (tertiary/aromatic N) is 1. The lowest BCUT2D eigenvalue weighted by Gasteiger charge is -2.07. The van der Waals surface area contributed by atoms with Gasteiger partial charge in [0, 0.05) is 23.5 Å². The Morgan fingerprint density at radius 2 is 2.18 bits per heavy atom. The lowest BCUT2D eigenvalue weighted by Crippen LogP contribution is -2.00. The van der Waals surface area contributed by atoms with Crippen LogP contribution in [0.2, 0.25) is 0 Å². The highest BCUT2D eigenvalue weighted by molar-refractivity contribution is 9.09. The summed E-state index contributed by atoms with van der Waals surface area (Å²) in [6, 6.07) is 9.68. The molecule has 0 aliphatic rings. The van der Waals surface area contributed by atoms with E-state index in [1.54, 1.807) is 6.20 Å². The van der Waals surface area contributed by atoms with Crippen LogP contribution in [0.3, 0.4) is 0 Å². The van der Waals surface area contributed by atoms with Crippen molar-refractivity contribution in [3.05, 3.63) is 53.9 Å². The molecule has 0 fully saturated rings. The van der Waals surface area contributed by atoms with E-state index < -0.39 is 0 Å². The number of Topliss-reactive ketones (excluding diaryl/α,β-unsaturated/α-hetero) is 1. The van der Waals surface area contributed by atoms with Crippen LogP contribution in [0.4, 0.5) is 0 Å². The van der Waals surface area contributed by atoms with Crippen molar-refractivity contribution in [3.8, 4) is 11.1 Å². The third-order valence-corrected chi connectivity index (χ3v) is 3.15. The molecule has 1 aromatic carbocycles. The maximum atomic E-state index is 11.6. The van der Waals surface area contributed by atoms with E-state index in [1.165, 1.54) is 0 Å². The molecule has 0 amide bonds. The first-order valence-electron chi connectivity index (χ1n) is 5.32. The summed E-state index contributed by atoms with van der Waals surface area (Å²) in [7, 11) is 0. The predicted molar refractivity (Wildman–Crippen MR) is 72.5 cm³/mol. The first kappa shape index (κ1) is 12.0. The lowest BCUT2D eigenvalue weighted by molar-refractivity contribution is 0.102. The number of carbonyl (C=O) groups excluding carboxylic acids is 1. The Balaban J connectivity index is 2.42. The van der Waals surface area contributed by atoms with Gasteiger partial charge in [0.25, 0.3) is 0 Å². The topological polar surface area (TPSA) is 30.0 Å². The zero-order valence-electron chi connectivity index (χ0n) is 9.48. The van der Waals surface area contributed by atoms with Gasteiger partial charge in [0.1, 0.15) is 0 Å². The fraction of sp³-hybridized carbons (Fsp3) is 0.143. The Bertz CT molecular complexity index is 537. The fourth-order valence-corrected chi connectivity index (χ4v) is 2.08. The monoisotopic (exact) mass is 289 g/mol. The van der Waals surface area contributed by atoms with E-state index in [9.17, 15) is 4.79 Å². The molecule has 0 radical (unpaired) electrons. The van der Waals surface area contributed by atoms with Gasteiger partial charge in [-0.05, 0) is 30.2 Å². The van der Waals surface area contributed by atoms with Gasteiger partial charge in [0.15, 0.2) is 5.78 Å². The number of ketones is 1. The van der Waals surface area contributed by atoms with Crippen LogP contribution < -0.4 is 0 Å². The summed E-state index contributed by atoms with van der Waals surface area (Å²) in [5.74, 6) is 0.103. The molecule has 1 heterocycles. The van der Waals surface area contributed by atoms with E-state index in [1.807, 2.05) is 43.5 Å². The van der Waals surface area contributed by atoms with Crippen LogP contribution in [0.25, 0.3) is 11.1 Å². The molecule has 3 heteroatoms. The van der Waals surface area contributed by atoms with Crippen molar-refractivity contribution in [2.45, 2.75) is 6.92 Å². The number of aryl methyl sites for hydroxylation is 1. The second-order valence-corrected chi connectivity index (χ2v) is 4.39. The number of aromatic nitrogens is 1. The lowest BCUT2D eigenvalue weighted by atomic mass is 9.98. The standard InChI is InChI=1S/C14H12BrNO/c1-10-7-11(14(17)8-15)4-5-13(10)12-3-2-6-16-9-12/h2-7,9H,8H2,1H3. The molecule has 0 unspecified atom stereocenters. The summed E-state index contributed by atoms with van der Waals surface area (Å²) in [4.78, 5) is 15.7. The average Bonchev–Trinajstić information content (AvgIpc) is 2.38. The molecule has 86 valence electrons. The number of rotatable bonds is 3. The molecule has 2 aromatic rings. The van der Waals surface area contributed by atoms with Gasteiger partial charge in [-0.3, -0.25) is 9.78 Å². The fourth-order valence-electron chi connectivity index (χ4n) is 1.76. The van der Waals surface area contributed by atoms with Crippen molar-refractivity contribution < 1.29 is 4.79 Å². The van der Waals surface area contributed by atoms with Crippen molar-refractivity contribution in [1.29, 1.82) is 0 Å². The Labute approximate surface area is 109 Å². The largest absolute Gasteiger partial charge is 0.293 e. The number of benzene rings is 1. The van der Waals surface area contributed by atoms with Crippen LogP contribution >= 0.6 is 15.9 Å². The molecule has 0 aliphatic carbocycles. The third kappa shape index (κ3) is 2.61. The molecule has 0 spiro atoms. The van der Waals surface area contributed by atoms with Gasteiger partial charge < -0.3 is 0 Å². The number of hydrogen-bond acceptors (Lipinski definition) is 2. The average molecular weight is 290 g/mol. The molecule has 2 nitrogen and oxygen atoms in total. The van der Waals surface area contributed by atoms with E-state index in [-0.39, 0.29) is 5.78 Å². The summed E-state index contributed by atoms with van der Waals surface area (Å²) >= 11 is 3.18. The van der Waals surface area contributed by atoms with Gasteiger partial charge in [-0.15, -0.1) is 0 Å². The van der Waals surface area contributed by atoms with Gasteiger partial charge in [-0.25, -0.2) is 0 Å². The highest BCUT2D eigenvalue weighted by Crippen LogP contribution is 2.23. The maximum absolute atomic E-state index is 11.6. The first-order chi connectivity index (χ1) is 8.22. The summed E-state index contributed by atoms with van der Waals surface area (Å²) in [5.41, 5.74) is 4.02. The van der Waals surface area contributed by atoms with Crippen LogP contribution in [-0.4, -0.2) is 16.1 Å². The molecular formula is C14H12BrNO. The van der Waals surface area contributed by atoms with Gasteiger partial charge in [-0.1, -0.05) is 34.1 Å². The molecule has 2 rings (SSSR count). The van der Waals surface area contributed by atoms with Crippen LogP contribution in [-0.2, 0) is 0 Å². The number of alkyl halides is 1. The van der Waals surface area contributed by atoms with Gasteiger partial charge in [0.2, 0.25) is 0 Å². The molecule has 1 aromatic heterocycles. The van der Waals surface area contributed by atoms with Crippen LogP contribution in [0, 0.1) is 6.92 Å². The van der Waals surface area contributed by atoms with E-state index in [4.69, 9.17) is 0 Å². The summed E-state index contributed by atoms with van der Waals surface area (Å²) < 4.78 is 0. The molecular weight excluding hydrogens is 278 g/mol. The van der Waals surface area contributed by atoms with Gasteiger partial charge in [0.05, 0.1) is 5.33 Å². The molecule has 0 atom stereocenters. The minimum absolute atomic E-state index is 0.103. The van der Waals surface area contributed by atoms with Gasteiger partial charge in [-0.2, -0.15) is 0 Å². The summed E-state index contributed by atoms with van der Waals surface area (Å²) in [6.45, 7) is 2.01. The number of pyridine rings is 1. The zero-order chi connectivity index (χ0) is 12.3. The van der Waals surface area contributed by atoms with Crippen LogP contribution in [0.15, 0.2) is 42.7 Å². The summed E-state index contributed by atoms with van der Waals surface area (Å²) in [5, 5.41) is 0.360. The van der Waals surface area contributed by atoms with E-state index in [2.05, 4.69) is 20.9 Å². The molecule has 0 saturated carbocycles. The molecule has 0 aliphatic heterocycles. The third-order valence-electron chi connectivity index (χ3n) is 2.64. The van der Waals surface area contributed by atoms with Crippen molar-refractivity contribution in [2.24, 2.45) is 0 Å². The van der Waals surface area contributed by atoms with Crippen molar-refractivity contribution >= 4 is 21.7 Å². The zero-order valence-corrected chi connectivity index (χ0v) is 11.1. The van der Waals surface area contributed by atoms with Crippen LogP contribution in [0.5, 0.6) is 0 Å². The second kappa shape index (κ2) is 5.23. The number of carbonyl (C=O) groups is 1. The Hall–Kier alpha value is -1.48. The van der Waals surface area contributed by atoms with Gasteiger partial charge >= 0.3 is 0 Å². The van der Waals surface area contributed by atoms with Crippen molar-refractivity contribution in [1.82, 2.24) is 4.98 Å². The SMILES string of the molecule is Cc1cc(C(=O)CBr)ccc1-c1cccnc1. The highest BCUT2D eigenvalue weighted by Gasteiger charge is 2.07. The Morgan fingerprint density at radius 1 is 1.35 bits per heavy atom. The minimum atomic E-state index is 0.103. The van der Waals surface area contributed by atoms with E-state index in [0.717, 1.165) is 22.3 Å². The minimum Gasteiger partial charge on any atom is -0.293 e. The van der Waals surface area contributed by atoms with Crippen molar-refractivity contribution in [3.63, 3.8) is 0 Å². The summed E-state index contributed by atoms with van der Waals surface area (Å²) in [6.07, 6.45) is 3.58.